The molecule has 3 rings (SSSR count). The SMILES string of the molecule is COC(=O)[C@H](C)N=[P+]([O-])Oc1ccc(F)cc1OC[C@H]1OC(n2ccc(=O)[nH]c2=O)[C@](C)(F)[C@@H]1O. The fourth-order valence-corrected chi connectivity index (χ4v) is 4.01. The number of methoxy groups -OCH3 is 1. The smallest absolute Gasteiger partial charge is 0.395 e. The normalized spacial score (nSPS) is 25.2. The molecule has 0 radical (unpaired) electrons. The Kier molecular flexibility index (Phi) is 8.00. The highest BCUT2D eigenvalue weighted by molar-refractivity contribution is 7.34. The Hall–Kier alpha value is -3.19. The predicted octanol–water partition coefficient (Wildman–Crippen LogP) is 0.537. The highest BCUT2D eigenvalue weighted by atomic mass is 31.1. The topological polar surface area (TPSA) is 164 Å². The Balaban J connectivity index is 1.77. The first-order chi connectivity index (χ1) is 16.4. The molecule has 35 heavy (non-hydrogen) atoms. The second kappa shape index (κ2) is 10.6. The first kappa shape index (κ1) is 26.4. The molecular weight excluding hydrogens is 495 g/mol. The van der Waals surface area contributed by atoms with E-state index in [-0.39, 0.29) is 11.5 Å². The van der Waals surface area contributed by atoms with Crippen molar-refractivity contribution in [2.75, 3.05) is 13.7 Å². The Bertz CT molecular complexity index is 1230. The van der Waals surface area contributed by atoms with Gasteiger partial charge in [0.25, 0.3) is 5.56 Å². The van der Waals surface area contributed by atoms with Gasteiger partial charge in [-0.25, -0.2) is 18.4 Å². The third-order valence-corrected chi connectivity index (χ3v) is 6.00. The number of benzene rings is 1. The first-order valence-electron chi connectivity index (χ1n) is 10.1. The summed E-state index contributed by atoms with van der Waals surface area (Å²) in [6, 6.07) is 2.88. The molecule has 2 heterocycles. The van der Waals surface area contributed by atoms with Crippen LogP contribution < -0.4 is 25.4 Å². The van der Waals surface area contributed by atoms with Crippen LogP contribution >= 0.6 is 8.17 Å². The summed E-state index contributed by atoms with van der Waals surface area (Å²) in [5.41, 5.74) is -4.12. The number of carbonyl (C=O) groups excluding carboxylic acids is 1. The predicted molar refractivity (Wildman–Crippen MR) is 114 cm³/mol. The van der Waals surface area contributed by atoms with Gasteiger partial charge < -0.3 is 24.2 Å². The van der Waals surface area contributed by atoms with Gasteiger partial charge in [0, 0.05) is 18.3 Å². The molecule has 1 saturated heterocycles. The lowest BCUT2D eigenvalue weighted by Crippen LogP contribution is -2.43. The molecule has 0 bridgehead atoms. The average Bonchev–Trinajstić information content (AvgIpc) is 3.02. The average molecular weight is 517 g/mol. The number of aromatic nitrogens is 2. The van der Waals surface area contributed by atoms with Crippen LogP contribution in [0, 0.1) is 5.82 Å². The number of aliphatic hydroxyl groups is 1. The van der Waals surface area contributed by atoms with Gasteiger partial charge in [0.1, 0.15) is 24.6 Å². The maximum absolute atomic E-state index is 15.3. The largest absolute Gasteiger partial charge is 0.575 e. The van der Waals surface area contributed by atoms with E-state index < -0.39 is 68.0 Å². The Morgan fingerprint density at radius 2 is 2.11 bits per heavy atom. The number of alkyl halides is 1. The standard InChI is InChI=1S/C20H22F2N3O9P/c1-10(17(28)31-3)24-35(30)34-12-5-4-11(21)8-13(12)32-9-14-16(27)20(2,22)18(33-14)25-7-6-15(26)23-19(25)29/h4-8,10,14,16,18,27H,9H2,1-3H3,(H,23,26,29)/t10-,14+,16+,18?,20+/m0/s1. The van der Waals surface area contributed by atoms with Crippen LogP contribution in [-0.2, 0) is 14.3 Å². The van der Waals surface area contributed by atoms with E-state index in [2.05, 4.69) is 9.48 Å². The molecule has 2 aromatic rings. The van der Waals surface area contributed by atoms with Crippen molar-refractivity contribution in [1.29, 1.82) is 0 Å². The molecule has 1 aromatic heterocycles. The van der Waals surface area contributed by atoms with Crippen LogP contribution in [0.25, 0.3) is 0 Å². The lowest BCUT2D eigenvalue weighted by atomic mass is 9.98. The molecule has 0 amide bonds. The zero-order valence-electron chi connectivity index (χ0n) is 18.7. The van der Waals surface area contributed by atoms with E-state index in [9.17, 15) is 28.8 Å². The molecule has 0 spiro atoms. The first-order valence-corrected chi connectivity index (χ1v) is 11.3. The third kappa shape index (κ3) is 5.90. The molecule has 6 atom stereocenters. The van der Waals surface area contributed by atoms with Gasteiger partial charge in [-0.15, -0.1) is 0 Å². The maximum Gasteiger partial charge on any atom is 0.395 e. The van der Waals surface area contributed by atoms with Crippen LogP contribution in [0.2, 0.25) is 0 Å². The van der Waals surface area contributed by atoms with Crippen molar-refractivity contribution in [2.24, 2.45) is 4.74 Å². The van der Waals surface area contributed by atoms with Crippen molar-refractivity contribution < 1.29 is 42.3 Å². The maximum atomic E-state index is 15.3. The molecule has 0 saturated carbocycles. The number of ether oxygens (including phenoxy) is 3. The number of halogens is 2. The summed E-state index contributed by atoms with van der Waals surface area (Å²) in [4.78, 5) is 48.9. The molecule has 2 unspecified atom stereocenters. The van der Waals surface area contributed by atoms with E-state index in [1.54, 1.807) is 0 Å². The summed E-state index contributed by atoms with van der Waals surface area (Å²) >= 11 is 0. The number of aromatic amines is 1. The lowest BCUT2D eigenvalue weighted by Gasteiger charge is -2.24. The summed E-state index contributed by atoms with van der Waals surface area (Å²) in [5.74, 6) is -1.97. The van der Waals surface area contributed by atoms with E-state index in [1.165, 1.54) is 6.92 Å². The molecule has 0 aliphatic carbocycles. The number of hydrogen-bond acceptors (Lipinski definition) is 10. The van der Waals surface area contributed by atoms with Crippen LogP contribution in [0.15, 0.2) is 44.8 Å². The Morgan fingerprint density at radius 1 is 1.40 bits per heavy atom. The number of hydrogen-bond donors (Lipinski definition) is 2. The Morgan fingerprint density at radius 3 is 2.77 bits per heavy atom. The van der Waals surface area contributed by atoms with E-state index in [4.69, 9.17) is 14.0 Å². The molecule has 1 aromatic carbocycles. The summed E-state index contributed by atoms with van der Waals surface area (Å²) in [7, 11) is -1.65. The highest BCUT2D eigenvalue weighted by Gasteiger charge is 2.55. The highest BCUT2D eigenvalue weighted by Crippen LogP contribution is 2.41. The minimum atomic E-state index is -2.79. The second-order valence-electron chi connectivity index (χ2n) is 7.69. The van der Waals surface area contributed by atoms with Crippen molar-refractivity contribution in [3.8, 4) is 11.5 Å². The molecule has 1 aliphatic heterocycles. The van der Waals surface area contributed by atoms with Gasteiger partial charge in [-0.1, -0.05) is 4.74 Å². The van der Waals surface area contributed by atoms with Crippen molar-refractivity contribution in [1.82, 2.24) is 9.55 Å². The summed E-state index contributed by atoms with van der Waals surface area (Å²) in [6.07, 6.45) is -3.70. The minimum Gasteiger partial charge on any atom is -0.575 e. The van der Waals surface area contributed by atoms with Crippen LogP contribution in [0.3, 0.4) is 0 Å². The number of nitrogens with zero attached hydrogens (tertiary/aromatic N) is 2. The van der Waals surface area contributed by atoms with Gasteiger partial charge >= 0.3 is 19.8 Å². The monoisotopic (exact) mass is 517 g/mol. The summed E-state index contributed by atoms with van der Waals surface area (Å²) < 4.78 is 54.1. The van der Waals surface area contributed by atoms with E-state index in [0.29, 0.717) is 0 Å². The van der Waals surface area contributed by atoms with Gasteiger partial charge in [-0.2, -0.15) is 0 Å². The number of H-pyrrole nitrogens is 1. The van der Waals surface area contributed by atoms with Crippen LogP contribution in [-0.4, -0.2) is 58.3 Å². The zero-order chi connectivity index (χ0) is 25.9. The van der Waals surface area contributed by atoms with Crippen molar-refractivity contribution >= 4 is 14.1 Å². The zero-order valence-corrected chi connectivity index (χ0v) is 19.6. The molecule has 1 fully saturated rings. The van der Waals surface area contributed by atoms with E-state index in [1.807, 2.05) is 4.98 Å². The number of aliphatic hydroxyl groups excluding tert-OH is 1. The van der Waals surface area contributed by atoms with Crippen LogP contribution in [0.5, 0.6) is 11.5 Å². The second-order valence-corrected chi connectivity index (χ2v) is 8.58. The van der Waals surface area contributed by atoms with Gasteiger partial charge in [-0.05, 0) is 26.0 Å². The lowest BCUT2D eigenvalue weighted by molar-refractivity contribution is -0.169. The minimum absolute atomic E-state index is 0.211. The van der Waals surface area contributed by atoms with E-state index in [0.717, 1.165) is 49.1 Å². The Labute approximate surface area is 197 Å². The summed E-state index contributed by atoms with van der Waals surface area (Å²) in [6.45, 7) is 1.81. The molecular formula is C20H22F2N3O9P. The van der Waals surface area contributed by atoms with Gasteiger partial charge in [0.05, 0.1) is 7.11 Å². The number of carbonyl (C=O) groups is 1. The van der Waals surface area contributed by atoms with Crippen molar-refractivity contribution in [3.63, 3.8) is 0 Å². The molecule has 1 aliphatic rings. The van der Waals surface area contributed by atoms with Crippen LogP contribution in [0.4, 0.5) is 8.78 Å². The van der Waals surface area contributed by atoms with Gasteiger partial charge in [-0.3, -0.25) is 18.9 Å². The number of nitrogens with one attached hydrogen (secondary N) is 1. The van der Waals surface area contributed by atoms with Crippen molar-refractivity contribution in [3.05, 3.63) is 57.1 Å². The number of rotatable bonds is 8. The summed E-state index contributed by atoms with van der Waals surface area (Å²) in [5, 5.41) is 10.4. The van der Waals surface area contributed by atoms with Crippen LogP contribution in [0.1, 0.15) is 20.1 Å². The molecule has 15 heteroatoms. The quantitative estimate of drug-likeness (QED) is 0.376. The fraction of sp³-hybridized carbons (Fsp3) is 0.450. The fourth-order valence-electron chi connectivity index (χ4n) is 3.27. The van der Waals surface area contributed by atoms with Gasteiger partial charge in [0.15, 0.2) is 23.7 Å². The molecule has 12 nitrogen and oxygen atoms in total. The van der Waals surface area contributed by atoms with E-state index >= 15 is 4.39 Å². The number of esters is 1. The van der Waals surface area contributed by atoms with Crippen molar-refractivity contribution in [2.45, 2.75) is 44.0 Å². The van der Waals surface area contributed by atoms with Gasteiger partial charge in [0.2, 0.25) is 5.75 Å². The third-order valence-electron chi connectivity index (χ3n) is 5.12. The molecule has 2 N–H and O–H groups in total. The molecule has 190 valence electrons.